The lowest BCUT2D eigenvalue weighted by Gasteiger charge is -2.29. The fourth-order valence-corrected chi connectivity index (χ4v) is 5.08. The quantitative estimate of drug-likeness (QED) is 0.409. The lowest BCUT2D eigenvalue weighted by Crippen LogP contribution is -2.50. The number of thioether (sulfide) groups is 1. The van der Waals surface area contributed by atoms with Crippen molar-refractivity contribution in [3.63, 3.8) is 0 Å². The van der Waals surface area contributed by atoms with Gasteiger partial charge in [-0.3, -0.25) is 9.59 Å². The summed E-state index contributed by atoms with van der Waals surface area (Å²) in [6, 6.07) is 15.8. The van der Waals surface area contributed by atoms with Crippen LogP contribution in [0.4, 0.5) is 0 Å². The molecule has 4 nitrogen and oxygen atoms in total. The molecular weight excluding hydrogens is 540 g/mol. The predicted molar refractivity (Wildman–Crippen MR) is 135 cm³/mol. The Bertz CT molecular complexity index is 868. The van der Waals surface area contributed by atoms with E-state index in [1.165, 1.54) is 5.56 Å². The summed E-state index contributed by atoms with van der Waals surface area (Å²) in [4.78, 5) is 27.8. The largest absolute Gasteiger partial charge is 0.352 e. The highest BCUT2D eigenvalue weighted by atomic mass is 79.9. The number of hydrogen-bond acceptors (Lipinski definition) is 3. The van der Waals surface area contributed by atoms with Crippen LogP contribution in [-0.4, -0.2) is 34.6 Å². The van der Waals surface area contributed by atoms with E-state index in [2.05, 4.69) is 49.3 Å². The van der Waals surface area contributed by atoms with Gasteiger partial charge in [0.05, 0.1) is 5.75 Å². The third-order valence-corrected chi connectivity index (χ3v) is 7.59. The topological polar surface area (TPSA) is 49.4 Å². The molecule has 0 saturated heterocycles. The summed E-state index contributed by atoms with van der Waals surface area (Å²) >= 11 is 8.47. The zero-order chi connectivity index (χ0) is 22.2. The van der Waals surface area contributed by atoms with Crippen LogP contribution in [0.25, 0.3) is 0 Å². The molecule has 7 heteroatoms. The lowest BCUT2D eigenvalue weighted by molar-refractivity contribution is -0.138. The minimum Gasteiger partial charge on any atom is -0.352 e. The summed E-state index contributed by atoms with van der Waals surface area (Å²) in [6.07, 6.45) is 4.38. The van der Waals surface area contributed by atoms with Crippen LogP contribution in [-0.2, 0) is 21.9 Å². The molecule has 2 amide bonds. The number of carbonyl (C=O) groups is 2. The van der Waals surface area contributed by atoms with Crippen molar-refractivity contribution in [1.29, 1.82) is 0 Å². The number of halogens is 2. The summed E-state index contributed by atoms with van der Waals surface area (Å²) in [6.45, 7) is 2.25. The Labute approximate surface area is 205 Å². The van der Waals surface area contributed by atoms with Crippen molar-refractivity contribution in [1.82, 2.24) is 10.2 Å². The number of carbonyl (C=O) groups excluding carboxylic acids is 2. The van der Waals surface area contributed by atoms with Crippen LogP contribution >= 0.6 is 43.6 Å². The Kier molecular flexibility index (Phi) is 9.48. The highest BCUT2D eigenvalue weighted by Crippen LogP contribution is 2.20. The van der Waals surface area contributed by atoms with Gasteiger partial charge < -0.3 is 10.2 Å². The molecule has 31 heavy (non-hydrogen) atoms. The van der Waals surface area contributed by atoms with Gasteiger partial charge in [0.2, 0.25) is 11.8 Å². The molecule has 1 aliphatic carbocycles. The predicted octanol–water partition coefficient (Wildman–Crippen LogP) is 5.92. The van der Waals surface area contributed by atoms with Gasteiger partial charge in [-0.1, -0.05) is 69.0 Å². The summed E-state index contributed by atoms with van der Waals surface area (Å²) in [5.74, 6) is 1.02. The van der Waals surface area contributed by atoms with Crippen LogP contribution in [0.5, 0.6) is 0 Å². The highest BCUT2D eigenvalue weighted by molar-refractivity contribution is 9.10. The van der Waals surface area contributed by atoms with E-state index >= 15 is 0 Å². The van der Waals surface area contributed by atoms with E-state index in [4.69, 9.17) is 0 Å². The third-order valence-electron chi connectivity index (χ3n) is 5.54. The van der Waals surface area contributed by atoms with E-state index in [0.29, 0.717) is 12.3 Å². The zero-order valence-corrected chi connectivity index (χ0v) is 21.6. The number of hydrogen-bond donors (Lipinski definition) is 1. The summed E-state index contributed by atoms with van der Waals surface area (Å²) in [5.41, 5.74) is 2.18. The van der Waals surface area contributed by atoms with Crippen LogP contribution in [0.15, 0.2) is 57.5 Å². The maximum Gasteiger partial charge on any atom is 0.242 e. The number of benzene rings is 2. The monoisotopic (exact) mass is 566 g/mol. The van der Waals surface area contributed by atoms with Gasteiger partial charge in [-0.2, -0.15) is 0 Å². The van der Waals surface area contributed by atoms with Crippen molar-refractivity contribution in [2.45, 2.75) is 57.0 Å². The second-order valence-corrected chi connectivity index (χ2v) is 10.8. The molecule has 0 unspecified atom stereocenters. The van der Waals surface area contributed by atoms with E-state index in [0.717, 1.165) is 45.9 Å². The van der Waals surface area contributed by atoms with Gasteiger partial charge in [0.25, 0.3) is 0 Å². The summed E-state index contributed by atoms with van der Waals surface area (Å²) in [7, 11) is 0. The fourth-order valence-electron chi connectivity index (χ4n) is 3.68. The molecule has 166 valence electrons. The van der Waals surface area contributed by atoms with Crippen molar-refractivity contribution in [2.75, 3.05) is 5.75 Å². The van der Waals surface area contributed by atoms with Crippen LogP contribution < -0.4 is 5.32 Å². The van der Waals surface area contributed by atoms with E-state index in [1.54, 1.807) is 16.7 Å². The normalized spacial score (nSPS) is 14.9. The van der Waals surface area contributed by atoms with E-state index in [-0.39, 0.29) is 17.9 Å². The van der Waals surface area contributed by atoms with Crippen molar-refractivity contribution >= 4 is 55.4 Å². The van der Waals surface area contributed by atoms with E-state index in [1.807, 2.05) is 43.3 Å². The molecule has 3 rings (SSSR count). The Morgan fingerprint density at radius 2 is 1.55 bits per heavy atom. The Morgan fingerprint density at radius 1 is 1.00 bits per heavy atom. The summed E-state index contributed by atoms with van der Waals surface area (Å²) < 4.78 is 2.03. The minimum absolute atomic E-state index is 0.0147. The van der Waals surface area contributed by atoms with Crippen LogP contribution in [0.1, 0.15) is 43.7 Å². The molecule has 1 saturated carbocycles. The zero-order valence-electron chi connectivity index (χ0n) is 17.7. The number of amides is 2. The first-order valence-electron chi connectivity index (χ1n) is 10.6. The minimum atomic E-state index is -0.509. The smallest absolute Gasteiger partial charge is 0.242 e. The molecule has 2 aromatic rings. The lowest BCUT2D eigenvalue weighted by atomic mass is 10.1. The Hall–Kier alpha value is -1.31. The first-order valence-corrected chi connectivity index (χ1v) is 13.3. The molecule has 1 fully saturated rings. The fraction of sp³-hybridized carbons (Fsp3) is 0.417. The van der Waals surface area contributed by atoms with Crippen molar-refractivity contribution in [3.8, 4) is 0 Å². The maximum absolute atomic E-state index is 13.2. The second kappa shape index (κ2) is 12.1. The van der Waals surface area contributed by atoms with E-state index in [9.17, 15) is 9.59 Å². The van der Waals surface area contributed by atoms with Gasteiger partial charge in [-0.05, 0) is 55.2 Å². The van der Waals surface area contributed by atoms with Gasteiger partial charge in [0.1, 0.15) is 6.04 Å². The number of rotatable bonds is 9. The first kappa shape index (κ1) is 24.3. The molecule has 0 spiro atoms. The Balaban J connectivity index is 1.64. The highest BCUT2D eigenvalue weighted by Gasteiger charge is 2.28. The standard InChI is InChI=1S/C24H28Br2N2O2S/c1-17(24(30)27-22-4-2-3-5-22)28(14-18-6-10-20(25)11-7-18)23(29)16-31-15-19-8-12-21(26)13-9-19/h6-13,17,22H,2-5,14-16H2,1H3,(H,27,30)/t17-/m0/s1. The molecule has 0 radical (unpaired) electrons. The van der Waals surface area contributed by atoms with Crippen molar-refractivity contribution in [2.24, 2.45) is 0 Å². The molecule has 0 bridgehead atoms. The third kappa shape index (κ3) is 7.65. The molecule has 0 aliphatic heterocycles. The van der Waals surface area contributed by atoms with Gasteiger partial charge >= 0.3 is 0 Å². The average Bonchev–Trinajstić information content (AvgIpc) is 3.27. The van der Waals surface area contributed by atoms with Crippen molar-refractivity contribution < 1.29 is 9.59 Å². The van der Waals surface area contributed by atoms with Crippen LogP contribution in [0.2, 0.25) is 0 Å². The maximum atomic E-state index is 13.2. The molecule has 1 atom stereocenters. The van der Waals surface area contributed by atoms with Gasteiger partial charge in [-0.25, -0.2) is 0 Å². The average molecular weight is 568 g/mol. The van der Waals surface area contributed by atoms with Crippen LogP contribution in [0, 0.1) is 0 Å². The van der Waals surface area contributed by atoms with Gasteiger partial charge in [0, 0.05) is 27.3 Å². The van der Waals surface area contributed by atoms with Gasteiger partial charge in [0.15, 0.2) is 0 Å². The number of nitrogens with zero attached hydrogens (tertiary/aromatic N) is 1. The molecular formula is C24H28Br2N2O2S. The first-order chi connectivity index (χ1) is 14.9. The molecule has 0 heterocycles. The van der Waals surface area contributed by atoms with E-state index < -0.39 is 6.04 Å². The Morgan fingerprint density at radius 3 is 2.13 bits per heavy atom. The van der Waals surface area contributed by atoms with Crippen LogP contribution in [0.3, 0.4) is 0 Å². The second-order valence-electron chi connectivity index (χ2n) is 7.93. The van der Waals surface area contributed by atoms with Crippen molar-refractivity contribution in [3.05, 3.63) is 68.6 Å². The number of nitrogens with one attached hydrogen (secondary N) is 1. The van der Waals surface area contributed by atoms with Gasteiger partial charge in [-0.15, -0.1) is 11.8 Å². The molecule has 2 aromatic carbocycles. The SMILES string of the molecule is C[C@@H](C(=O)NC1CCCC1)N(Cc1ccc(Br)cc1)C(=O)CSCc1ccc(Br)cc1. The molecule has 0 aromatic heterocycles. The molecule has 1 N–H and O–H groups in total. The summed E-state index contributed by atoms with van der Waals surface area (Å²) in [5, 5.41) is 3.14. The molecule has 1 aliphatic rings.